The van der Waals surface area contributed by atoms with E-state index >= 15 is 0 Å². The van der Waals surface area contributed by atoms with Gasteiger partial charge < -0.3 is 10.6 Å². The van der Waals surface area contributed by atoms with E-state index in [1.165, 1.54) is 0 Å². The zero-order chi connectivity index (χ0) is 12.1. The summed E-state index contributed by atoms with van der Waals surface area (Å²) in [5.74, 6) is 0.0807. The van der Waals surface area contributed by atoms with Crippen molar-refractivity contribution in [2.45, 2.75) is 12.8 Å². The van der Waals surface area contributed by atoms with E-state index in [0.717, 1.165) is 25.9 Å². The fraction of sp³-hybridized carbons (Fsp3) is 0.385. The van der Waals surface area contributed by atoms with Gasteiger partial charge in [0, 0.05) is 5.92 Å². The molecule has 2 N–H and O–H groups in total. The second-order valence-electron chi connectivity index (χ2n) is 4.17. The Bertz CT molecular complexity index is 444. The standard InChI is InChI=1S/C13H15N3O/c14-9-11-3-1-2-4-12(11)16-13(17)10-5-7-15-8-6-10/h1-4,10,15H,5-8H2,(H,16,17). The number of piperidine rings is 1. The zero-order valence-electron chi connectivity index (χ0n) is 9.57. The third-order valence-corrected chi connectivity index (χ3v) is 3.02. The maximum absolute atomic E-state index is 12.0. The van der Waals surface area contributed by atoms with Crippen LogP contribution in [0.25, 0.3) is 0 Å². The minimum atomic E-state index is 0.0224. The van der Waals surface area contributed by atoms with Crippen LogP contribution in [0.3, 0.4) is 0 Å². The summed E-state index contributed by atoms with van der Waals surface area (Å²) in [5.41, 5.74) is 1.12. The van der Waals surface area contributed by atoms with Gasteiger partial charge in [0.05, 0.1) is 11.3 Å². The number of amides is 1. The third-order valence-electron chi connectivity index (χ3n) is 3.02. The number of carbonyl (C=O) groups is 1. The van der Waals surface area contributed by atoms with Gasteiger partial charge >= 0.3 is 0 Å². The van der Waals surface area contributed by atoms with Crippen LogP contribution in [-0.2, 0) is 4.79 Å². The van der Waals surface area contributed by atoms with E-state index < -0.39 is 0 Å². The highest BCUT2D eigenvalue weighted by molar-refractivity contribution is 5.93. The highest BCUT2D eigenvalue weighted by atomic mass is 16.1. The van der Waals surface area contributed by atoms with Gasteiger partial charge in [0.1, 0.15) is 6.07 Å². The molecule has 1 amide bonds. The second-order valence-corrected chi connectivity index (χ2v) is 4.17. The number of nitrogens with zero attached hydrogens (tertiary/aromatic N) is 1. The molecule has 0 aliphatic carbocycles. The van der Waals surface area contributed by atoms with Crippen molar-refractivity contribution >= 4 is 11.6 Å². The van der Waals surface area contributed by atoms with Crippen molar-refractivity contribution < 1.29 is 4.79 Å². The minimum absolute atomic E-state index is 0.0224. The molecule has 1 heterocycles. The largest absolute Gasteiger partial charge is 0.325 e. The summed E-state index contributed by atoms with van der Waals surface area (Å²) in [6.45, 7) is 1.77. The predicted octanol–water partition coefficient (Wildman–Crippen LogP) is 1.50. The van der Waals surface area contributed by atoms with Gasteiger partial charge in [-0.1, -0.05) is 12.1 Å². The SMILES string of the molecule is N#Cc1ccccc1NC(=O)C1CCNCC1. The lowest BCUT2D eigenvalue weighted by atomic mass is 9.97. The van der Waals surface area contributed by atoms with Crippen molar-refractivity contribution in [3.8, 4) is 6.07 Å². The first-order chi connectivity index (χ1) is 8.31. The van der Waals surface area contributed by atoms with E-state index in [4.69, 9.17) is 5.26 Å². The normalized spacial score (nSPS) is 16.2. The van der Waals surface area contributed by atoms with Crippen molar-refractivity contribution in [2.75, 3.05) is 18.4 Å². The quantitative estimate of drug-likeness (QED) is 0.807. The van der Waals surface area contributed by atoms with Crippen molar-refractivity contribution in [2.24, 2.45) is 5.92 Å². The fourth-order valence-electron chi connectivity index (χ4n) is 2.01. The first-order valence-corrected chi connectivity index (χ1v) is 5.82. The fourth-order valence-corrected chi connectivity index (χ4v) is 2.01. The number of hydrogen-bond donors (Lipinski definition) is 2. The Balaban J connectivity index is 2.05. The molecule has 0 spiro atoms. The van der Waals surface area contributed by atoms with Gasteiger partial charge in [0.15, 0.2) is 0 Å². The Morgan fingerprint density at radius 3 is 2.76 bits per heavy atom. The van der Waals surface area contributed by atoms with E-state index in [9.17, 15) is 4.79 Å². The number of hydrogen-bond acceptors (Lipinski definition) is 3. The number of rotatable bonds is 2. The third kappa shape index (κ3) is 2.83. The van der Waals surface area contributed by atoms with Crippen LogP contribution < -0.4 is 10.6 Å². The van der Waals surface area contributed by atoms with Gasteiger partial charge in [-0.3, -0.25) is 4.79 Å². The average molecular weight is 229 g/mol. The van der Waals surface area contributed by atoms with E-state index in [0.29, 0.717) is 11.3 Å². The second kappa shape index (κ2) is 5.46. The summed E-state index contributed by atoms with van der Waals surface area (Å²) in [6.07, 6.45) is 1.72. The molecular weight excluding hydrogens is 214 g/mol. The molecular formula is C13H15N3O. The van der Waals surface area contributed by atoms with Crippen LogP contribution in [0.4, 0.5) is 5.69 Å². The molecule has 1 aromatic carbocycles. The molecule has 4 nitrogen and oxygen atoms in total. The molecule has 0 atom stereocenters. The first kappa shape index (κ1) is 11.6. The van der Waals surface area contributed by atoms with Crippen LogP contribution in [-0.4, -0.2) is 19.0 Å². The Kier molecular flexibility index (Phi) is 3.73. The maximum Gasteiger partial charge on any atom is 0.227 e. The van der Waals surface area contributed by atoms with E-state index in [-0.39, 0.29) is 11.8 Å². The van der Waals surface area contributed by atoms with Gasteiger partial charge in [-0.25, -0.2) is 0 Å². The number of benzene rings is 1. The molecule has 17 heavy (non-hydrogen) atoms. The van der Waals surface area contributed by atoms with Gasteiger partial charge in [0.25, 0.3) is 0 Å². The molecule has 1 aliphatic rings. The molecule has 0 aromatic heterocycles. The van der Waals surface area contributed by atoms with Crippen molar-refractivity contribution in [1.29, 1.82) is 5.26 Å². The average Bonchev–Trinajstić information content (AvgIpc) is 2.40. The molecule has 2 rings (SSSR count). The lowest BCUT2D eigenvalue weighted by molar-refractivity contribution is -0.120. The topological polar surface area (TPSA) is 64.9 Å². The number of nitrogens with one attached hydrogen (secondary N) is 2. The lowest BCUT2D eigenvalue weighted by Gasteiger charge is -2.21. The Labute approximate surface area is 101 Å². The first-order valence-electron chi connectivity index (χ1n) is 5.82. The molecule has 1 aliphatic heterocycles. The van der Waals surface area contributed by atoms with Crippen LogP contribution in [0, 0.1) is 17.2 Å². The molecule has 4 heteroatoms. The van der Waals surface area contributed by atoms with Crippen LogP contribution in [0.5, 0.6) is 0 Å². The molecule has 0 unspecified atom stereocenters. The summed E-state index contributed by atoms with van der Waals surface area (Å²) in [4.78, 5) is 12.0. The van der Waals surface area contributed by atoms with Gasteiger partial charge in [-0.05, 0) is 38.1 Å². The summed E-state index contributed by atoms with van der Waals surface area (Å²) in [5, 5.41) is 15.0. The maximum atomic E-state index is 12.0. The summed E-state index contributed by atoms with van der Waals surface area (Å²) >= 11 is 0. The van der Waals surface area contributed by atoms with Crippen molar-refractivity contribution in [3.05, 3.63) is 29.8 Å². The molecule has 0 radical (unpaired) electrons. The monoisotopic (exact) mass is 229 g/mol. The Morgan fingerprint density at radius 1 is 1.35 bits per heavy atom. The smallest absolute Gasteiger partial charge is 0.227 e. The van der Waals surface area contributed by atoms with Crippen molar-refractivity contribution in [1.82, 2.24) is 5.32 Å². The van der Waals surface area contributed by atoms with E-state index in [2.05, 4.69) is 16.7 Å². The van der Waals surface area contributed by atoms with Crippen LogP contribution >= 0.6 is 0 Å². The molecule has 88 valence electrons. The molecule has 1 aromatic rings. The molecule has 1 fully saturated rings. The lowest BCUT2D eigenvalue weighted by Crippen LogP contribution is -2.34. The molecule has 0 bridgehead atoms. The van der Waals surface area contributed by atoms with Crippen LogP contribution in [0.15, 0.2) is 24.3 Å². The summed E-state index contributed by atoms with van der Waals surface area (Å²) in [7, 11) is 0. The van der Waals surface area contributed by atoms with Crippen LogP contribution in [0.1, 0.15) is 18.4 Å². The Morgan fingerprint density at radius 2 is 2.06 bits per heavy atom. The highest BCUT2D eigenvalue weighted by Gasteiger charge is 2.21. The summed E-state index contributed by atoms with van der Waals surface area (Å²) in [6, 6.07) is 9.15. The Hall–Kier alpha value is -1.86. The number of anilines is 1. The number of nitriles is 1. The van der Waals surface area contributed by atoms with Gasteiger partial charge in [-0.2, -0.15) is 5.26 Å². The molecule has 1 saturated heterocycles. The van der Waals surface area contributed by atoms with E-state index in [1.54, 1.807) is 18.2 Å². The summed E-state index contributed by atoms with van der Waals surface area (Å²) < 4.78 is 0. The number of carbonyl (C=O) groups excluding carboxylic acids is 1. The highest BCUT2D eigenvalue weighted by Crippen LogP contribution is 2.18. The van der Waals surface area contributed by atoms with Gasteiger partial charge in [0.2, 0.25) is 5.91 Å². The zero-order valence-corrected chi connectivity index (χ0v) is 9.57. The number of para-hydroxylation sites is 1. The van der Waals surface area contributed by atoms with Crippen molar-refractivity contribution in [3.63, 3.8) is 0 Å². The predicted molar refractivity (Wildman–Crippen MR) is 65.4 cm³/mol. The molecule has 0 saturated carbocycles. The van der Waals surface area contributed by atoms with Gasteiger partial charge in [-0.15, -0.1) is 0 Å². The minimum Gasteiger partial charge on any atom is -0.325 e. The van der Waals surface area contributed by atoms with E-state index in [1.807, 2.05) is 6.07 Å². The van der Waals surface area contributed by atoms with Crippen LogP contribution in [0.2, 0.25) is 0 Å².